The van der Waals surface area contributed by atoms with Gasteiger partial charge in [0.25, 0.3) is 0 Å². The molecule has 0 saturated heterocycles. The molecule has 2 rings (SSSR count). The van der Waals surface area contributed by atoms with Crippen molar-refractivity contribution in [3.63, 3.8) is 0 Å². The van der Waals surface area contributed by atoms with Crippen LogP contribution in [0.3, 0.4) is 0 Å². The maximum Gasteiger partial charge on any atom is 0.188 e. The maximum absolute atomic E-state index is 4.31. The van der Waals surface area contributed by atoms with Crippen LogP contribution in [-0.4, -0.2) is 19.1 Å². The standard InChI is InChI=1S/C12H14BrN3S/c1-8-4-5-9(6-10(8)16(2)3)14-12-15-11(13)7-17-12/h4-7H,1-3H3,(H,14,15). The molecule has 3 nitrogen and oxygen atoms in total. The predicted octanol–water partition coefficient (Wildman–Crippen LogP) is 4.02. The number of anilines is 3. The average molecular weight is 312 g/mol. The van der Waals surface area contributed by atoms with E-state index in [1.54, 1.807) is 11.3 Å². The number of nitrogens with one attached hydrogen (secondary N) is 1. The zero-order valence-electron chi connectivity index (χ0n) is 9.99. The van der Waals surface area contributed by atoms with Crippen molar-refractivity contribution in [1.82, 2.24) is 4.98 Å². The van der Waals surface area contributed by atoms with Crippen LogP contribution >= 0.6 is 27.3 Å². The highest BCUT2D eigenvalue weighted by atomic mass is 79.9. The second-order valence-corrected chi connectivity index (χ2v) is 5.67. The Hall–Kier alpha value is -1.07. The first-order valence-electron chi connectivity index (χ1n) is 5.22. The second kappa shape index (κ2) is 5.06. The van der Waals surface area contributed by atoms with Gasteiger partial charge in [0.15, 0.2) is 5.13 Å². The van der Waals surface area contributed by atoms with Gasteiger partial charge in [0.1, 0.15) is 4.60 Å². The van der Waals surface area contributed by atoms with Crippen molar-refractivity contribution in [1.29, 1.82) is 0 Å². The van der Waals surface area contributed by atoms with E-state index in [9.17, 15) is 0 Å². The van der Waals surface area contributed by atoms with E-state index in [1.807, 2.05) is 19.5 Å². The van der Waals surface area contributed by atoms with E-state index < -0.39 is 0 Å². The molecule has 1 heterocycles. The van der Waals surface area contributed by atoms with Gasteiger partial charge in [-0.3, -0.25) is 0 Å². The van der Waals surface area contributed by atoms with Gasteiger partial charge < -0.3 is 10.2 Å². The minimum Gasteiger partial charge on any atom is -0.377 e. The fourth-order valence-corrected chi connectivity index (χ4v) is 2.77. The summed E-state index contributed by atoms with van der Waals surface area (Å²) in [5, 5.41) is 6.15. The summed E-state index contributed by atoms with van der Waals surface area (Å²) in [6, 6.07) is 6.31. The number of aromatic nitrogens is 1. The number of nitrogens with zero attached hydrogens (tertiary/aromatic N) is 2. The van der Waals surface area contributed by atoms with Gasteiger partial charge in [0.05, 0.1) is 0 Å². The largest absolute Gasteiger partial charge is 0.377 e. The Morgan fingerprint density at radius 2 is 2.12 bits per heavy atom. The Bertz CT molecular complexity index is 522. The maximum atomic E-state index is 4.31. The minimum atomic E-state index is 0.866. The number of hydrogen-bond donors (Lipinski definition) is 1. The molecule has 17 heavy (non-hydrogen) atoms. The Morgan fingerprint density at radius 3 is 2.71 bits per heavy atom. The molecule has 0 spiro atoms. The molecule has 0 aliphatic heterocycles. The average Bonchev–Trinajstić information content (AvgIpc) is 2.66. The molecule has 0 aliphatic rings. The molecule has 1 aromatic heterocycles. The first-order chi connectivity index (χ1) is 8.06. The van der Waals surface area contributed by atoms with Crippen LogP contribution in [0.5, 0.6) is 0 Å². The topological polar surface area (TPSA) is 28.2 Å². The fraction of sp³-hybridized carbons (Fsp3) is 0.250. The summed E-state index contributed by atoms with van der Waals surface area (Å²) in [6.07, 6.45) is 0. The molecule has 1 N–H and O–H groups in total. The fourth-order valence-electron chi connectivity index (χ4n) is 1.60. The third kappa shape index (κ3) is 2.98. The first-order valence-corrected chi connectivity index (χ1v) is 6.89. The summed E-state index contributed by atoms with van der Waals surface area (Å²) in [5.74, 6) is 0. The summed E-state index contributed by atoms with van der Waals surface area (Å²) in [7, 11) is 4.10. The van der Waals surface area contributed by atoms with Crippen molar-refractivity contribution in [3.8, 4) is 0 Å². The summed E-state index contributed by atoms with van der Waals surface area (Å²) >= 11 is 4.93. The summed E-state index contributed by atoms with van der Waals surface area (Å²) in [5.41, 5.74) is 3.53. The van der Waals surface area contributed by atoms with Crippen molar-refractivity contribution >= 4 is 43.8 Å². The molecule has 0 atom stereocenters. The number of thiazole rings is 1. The molecule has 90 valence electrons. The van der Waals surface area contributed by atoms with Gasteiger partial charge in [0.2, 0.25) is 0 Å². The number of halogens is 1. The molecule has 0 fully saturated rings. The Labute approximate surface area is 114 Å². The number of aryl methyl sites for hydroxylation is 1. The lowest BCUT2D eigenvalue weighted by Crippen LogP contribution is -2.10. The molecule has 0 saturated carbocycles. The van der Waals surface area contributed by atoms with Crippen LogP contribution in [0.15, 0.2) is 28.2 Å². The molecule has 1 aromatic carbocycles. The Morgan fingerprint density at radius 1 is 1.35 bits per heavy atom. The number of rotatable bonds is 3. The van der Waals surface area contributed by atoms with Crippen LogP contribution in [0.4, 0.5) is 16.5 Å². The lowest BCUT2D eigenvalue weighted by molar-refractivity contribution is 1.11. The van der Waals surface area contributed by atoms with Crippen LogP contribution in [-0.2, 0) is 0 Å². The third-order valence-corrected chi connectivity index (χ3v) is 3.89. The number of hydrogen-bond acceptors (Lipinski definition) is 4. The normalized spacial score (nSPS) is 10.4. The molecule has 0 aliphatic carbocycles. The molecule has 2 aromatic rings. The molecule has 0 radical (unpaired) electrons. The molecule has 0 unspecified atom stereocenters. The van der Waals surface area contributed by atoms with Crippen molar-refractivity contribution in [3.05, 3.63) is 33.7 Å². The first kappa shape index (κ1) is 12.4. The van der Waals surface area contributed by atoms with Gasteiger partial charge in [-0.1, -0.05) is 6.07 Å². The zero-order chi connectivity index (χ0) is 12.4. The lowest BCUT2D eigenvalue weighted by atomic mass is 10.1. The van der Waals surface area contributed by atoms with Crippen LogP contribution in [0.2, 0.25) is 0 Å². The van der Waals surface area contributed by atoms with Crippen LogP contribution in [0, 0.1) is 6.92 Å². The van der Waals surface area contributed by atoms with E-state index in [1.165, 1.54) is 11.3 Å². The second-order valence-electron chi connectivity index (χ2n) is 4.00. The van der Waals surface area contributed by atoms with Gasteiger partial charge in [-0.25, -0.2) is 4.98 Å². The third-order valence-electron chi connectivity index (χ3n) is 2.42. The van der Waals surface area contributed by atoms with Gasteiger partial charge in [-0.05, 0) is 40.5 Å². The SMILES string of the molecule is Cc1ccc(Nc2nc(Br)cs2)cc1N(C)C. The monoisotopic (exact) mass is 311 g/mol. The summed E-state index contributed by atoms with van der Waals surface area (Å²) in [4.78, 5) is 6.42. The highest BCUT2D eigenvalue weighted by Gasteiger charge is 2.04. The van der Waals surface area contributed by atoms with Gasteiger partial charge in [-0.15, -0.1) is 11.3 Å². The van der Waals surface area contributed by atoms with E-state index in [0.717, 1.165) is 15.4 Å². The molecular weight excluding hydrogens is 298 g/mol. The molecule has 5 heteroatoms. The molecule has 0 bridgehead atoms. The van der Waals surface area contributed by atoms with Crippen molar-refractivity contribution in [2.24, 2.45) is 0 Å². The minimum absolute atomic E-state index is 0.866. The van der Waals surface area contributed by atoms with Crippen LogP contribution in [0.1, 0.15) is 5.56 Å². The summed E-state index contributed by atoms with van der Waals surface area (Å²) < 4.78 is 0.866. The summed E-state index contributed by atoms with van der Waals surface area (Å²) in [6.45, 7) is 2.11. The van der Waals surface area contributed by atoms with Crippen LogP contribution < -0.4 is 10.2 Å². The predicted molar refractivity (Wildman–Crippen MR) is 78.6 cm³/mol. The quantitative estimate of drug-likeness (QED) is 0.927. The Kier molecular flexibility index (Phi) is 3.69. The number of benzene rings is 1. The van der Waals surface area contributed by atoms with Crippen molar-refractivity contribution in [2.45, 2.75) is 6.92 Å². The van der Waals surface area contributed by atoms with E-state index >= 15 is 0 Å². The van der Waals surface area contributed by atoms with E-state index in [2.05, 4.69) is 56.3 Å². The smallest absolute Gasteiger partial charge is 0.188 e. The van der Waals surface area contributed by atoms with Gasteiger partial charge in [0, 0.05) is 30.9 Å². The van der Waals surface area contributed by atoms with Gasteiger partial charge >= 0.3 is 0 Å². The molecule has 0 amide bonds. The van der Waals surface area contributed by atoms with E-state index in [4.69, 9.17) is 0 Å². The van der Waals surface area contributed by atoms with Crippen LogP contribution in [0.25, 0.3) is 0 Å². The van der Waals surface area contributed by atoms with E-state index in [0.29, 0.717) is 0 Å². The van der Waals surface area contributed by atoms with Gasteiger partial charge in [-0.2, -0.15) is 0 Å². The zero-order valence-corrected chi connectivity index (χ0v) is 12.4. The highest BCUT2D eigenvalue weighted by Crippen LogP contribution is 2.27. The van der Waals surface area contributed by atoms with Crippen molar-refractivity contribution in [2.75, 3.05) is 24.3 Å². The Balaban J connectivity index is 2.25. The molecular formula is C12H14BrN3S. The van der Waals surface area contributed by atoms with E-state index in [-0.39, 0.29) is 0 Å². The lowest BCUT2D eigenvalue weighted by Gasteiger charge is -2.16. The van der Waals surface area contributed by atoms with Crippen molar-refractivity contribution < 1.29 is 0 Å². The highest BCUT2D eigenvalue weighted by molar-refractivity contribution is 9.10.